The van der Waals surface area contributed by atoms with E-state index >= 15 is 0 Å². The standard InChI is InChI=1S/C9H12ClN3OS/c1-13(6-4-2-3-5-6)8(14)7-11-12-9(10)15-7/h6H,2-5H2,1H3. The van der Waals surface area contributed by atoms with Crippen LogP contribution in [0.3, 0.4) is 0 Å². The van der Waals surface area contributed by atoms with Gasteiger partial charge in [0.2, 0.25) is 9.47 Å². The molecule has 1 heterocycles. The second-order valence-electron chi connectivity index (χ2n) is 3.71. The highest BCUT2D eigenvalue weighted by atomic mass is 35.5. The van der Waals surface area contributed by atoms with Gasteiger partial charge in [-0.2, -0.15) is 0 Å². The Kier molecular flexibility index (Phi) is 3.21. The van der Waals surface area contributed by atoms with Gasteiger partial charge in [-0.1, -0.05) is 24.2 Å². The molecule has 2 rings (SSSR count). The molecule has 0 aromatic carbocycles. The first-order valence-electron chi connectivity index (χ1n) is 4.94. The largest absolute Gasteiger partial charge is 0.337 e. The zero-order chi connectivity index (χ0) is 10.8. The number of hydrogen-bond acceptors (Lipinski definition) is 4. The Bertz CT molecular complexity index is 362. The van der Waals surface area contributed by atoms with Gasteiger partial charge in [0, 0.05) is 13.1 Å². The fourth-order valence-electron chi connectivity index (χ4n) is 1.90. The molecule has 1 aliphatic carbocycles. The van der Waals surface area contributed by atoms with E-state index in [1.165, 1.54) is 12.8 Å². The number of rotatable bonds is 2. The molecule has 0 aliphatic heterocycles. The Morgan fingerprint density at radius 3 is 2.67 bits per heavy atom. The lowest BCUT2D eigenvalue weighted by Crippen LogP contribution is -2.35. The van der Waals surface area contributed by atoms with E-state index in [2.05, 4.69) is 10.2 Å². The average Bonchev–Trinajstić information content (AvgIpc) is 2.85. The van der Waals surface area contributed by atoms with Crippen molar-refractivity contribution in [1.82, 2.24) is 15.1 Å². The maximum absolute atomic E-state index is 11.9. The van der Waals surface area contributed by atoms with Crippen molar-refractivity contribution in [2.24, 2.45) is 0 Å². The first-order valence-corrected chi connectivity index (χ1v) is 6.14. The summed E-state index contributed by atoms with van der Waals surface area (Å²) in [6.45, 7) is 0. The van der Waals surface area contributed by atoms with Crippen molar-refractivity contribution in [3.63, 3.8) is 0 Å². The Morgan fingerprint density at radius 1 is 1.47 bits per heavy atom. The number of hydrogen-bond donors (Lipinski definition) is 0. The quantitative estimate of drug-likeness (QED) is 0.803. The summed E-state index contributed by atoms with van der Waals surface area (Å²) in [5.41, 5.74) is 0. The van der Waals surface area contributed by atoms with Crippen LogP contribution < -0.4 is 0 Å². The van der Waals surface area contributed by atoms with Gasteiger partial charge in [-0.3, -0.25) is 4.79 Å². The van der Waals surface area contributed by atoms with Gasteiger partial charge in [-0.15, -0.1) is 10.2 Å². The second-order valence-corrected chi connectivity index (χ2v) is 5.27. The van der Waals surface area contributed by atoms with Crippen LogP contribution in [-0.2, 0) is 0 Å². The summed E-state index contributed by atoms with van der Waals surface area (Å²) in [6.07, 6.45) is 4.60. The van der Waals surface area contributed by atoms with Crippen molar-refractivity contribution in [2.75, 3.05) is 7.05 Å². The van der Waals surface area contributed by atoms with E-state index in [1.54, 1.807) is 4.90 Å². The zero-order valence-electron chi connectivity index (χ0n) is 8.44. The molecule has 1 fully saturated rings. The van der Waals surface area contributed by atoms with Crippen LogP contribution in [0.1, 0.15) is 35.5 Å². The van der Waals surface area contributed by atoms with Gasteiger partial charge in [0.25, 0.3) is 5.91 Å². The molecule has 0 spiro atoms. The van der Waals surface area contributed by atoms with Gasteiger partial charge in [-0.25, -0.2) is 0 Å². The molecule has 0 N–H and O–H groups in total. The fourth-order valence-corrected chi connectivity index (χ4v) is 2.71. The minimum atomic E-state index is -0.0636. The highest BCUT2D eigenvalue weighted by molar-refractivity contribution is 7.17. The van der Waals surface area contributed by atoms with Gasteiger partial charge in [0.15, 0.2) is 0 Å². The lowest BCUT2D eigenvalue weighted by molar-refractivity contribution is 0.0734. The first kappa shape index (κ1) is 10.8. The Morgan fingerprint density at radius 2 is 2.13 bits per heavy atom. The fraction of sp³-hybridized carbons (Fsp3) is 0.667. The molecule has 1 aromatic heterocycles. The number of nitrogens with zero attached hydrogens (tertiary/aromatic N) is 3. The predicted molar refractivity (Wildman–Crippen MR) is 59.3 cm³/mol. The van der Waals surface area contributed by atoms with Crippen molar-refractivity contribution < 1.29 is 4.79 Å². The van der Waals surface area contributed by atoms with Crippen molar-refractivity contribution >= 4 is 28.8 Å². The smallest absolute Gasteiger partial charge is 0.284 e. The topological polar surface area (TPSA) is 46.1 Å². The van der Waals surface area contributed by atoms with Crippen molar-refractivity contribution in [3.05, 3.63) is 9.47 Å². The minimum absolute atomic E-state index is 0.0636. The lowest BCUT2D eigenvalue weighted by Gasteiger charge is -2.22. The predicted octanol–water partition coefficient (Wildman–Crippen LogP) is 2.21. The van der Waals surface area contributed by atoms with Crippen LogP contribution in [0.2, 0.25) is 4.47 Å². The van der Waals surface area contributed by atoms with Crippen LogP contribution in [0.5, 0.6) is 0 Å². The zero-order valence-corrected chi connectivity index (χ0v) is 10.0. The maximum atomic E-state index is 11.9. The number of carbonyl (C=O) groups is 1. The normalized spacial score (nSPS) is 16.9. The molecule has 1 saturated carbocycles. The Hall–Kier alpha value is -0.680. The molecule has 15 heavy (non-hydrogen) atoms. The van der Waals surface area contributed by atoms with Crippen LogP contribution in [0.4, 0.5) is 0 Å². The SMILES string of the molecule is CN(C(=O)c1nnc(Cl)s1)C1CCCC1. The van der Waals surface area contributed by atoms with Crippen LogP contribution in [0.25, 0.3) is 0 Å². The Labute approximate surface area is 97.3 Å². The minimum Gasteiger partial charge on any atom is -0.337 e. The van der Waals surface area contributed by atoms with Gasteiger partial charge in [0.05, 0.1) is 0 Å². The van der Waals surface area contributed by atoms with Crippen molar-refractivity contribution in [1.29, 1.82) is 0 Å². The van der Waals surface area contributed by atoms with E-state index in [-0.39, 0.29) is 5.91 Å². The Balaban J connectivity index is 2.06. The van der Waals surface area contributed by atoms with E-state index in [9.17, 15) is 4.79 Å². The molecule has 6 heteroatoms. The third kappa shape index (κ3) is 2.29. The van der Waals surface area contributed by atoms with E-state index < -0.39 is 0 Å². The van der Waals surface area contributed by atoms with Gasteiger partial charge >= 0.3 is 0 Å². The molecular formula is C9H12ClN3OS. The summed E-state index contributed by atoms with van der Waals surface area (Å²) < 4.78 is 0.318. The van der Waals surface area contributed by atoms with E-state index in [0.717, 1.165) is 24.2 Å². The molecule has 82 valence electrons. The van der Waals surface area contributed by atoms with Crippen LogP contribution >= 0.6 is 22.9 Å². The van der Waals surface area contributed by atoms with Crippen LogP contribution in [0, 0.1) is 0 Å². The van der Waals surface area contributed by atoms with Gasteiger partial charge in [-0.05, 0) is 24.4 Å². The number of aromatic nitrogens is 2. The van der Waals surface area contributed by atoms with Crippen molar-refractivity contribution in [2.45, 2.75) is 31.7 Å². The molecule has 4 nitrogen and oxygen atoms in total. The van der Waals surface area contributed by atoms with Gasteiger partial charge < -0.3 is 4.90 Å². The molecule has 1 aliphatic rings. The summed E-state index contributed by atoms with van der Waals surface area (Å²) in [6, 6.07) is 0.361. The average molecular weight is 246 g/mol. The molecule has 0 unspecified atom stereocenters. The second kappa shape index (κ2) is 4.45. The summed E-state index contributed by atoms with van der Waals surface area (Å²) >= 11 is 6.78. The number of halogens is 1. The molecule has 0 bridgehead atoms. The summed E-state index contributed by atoms with van der Waals surface area (Å²) in [4.78, 5) is 13.7. The number of carbonyl (C=O) groups excluding carboxylic acids is 1. The third-order valence-corrected chi connectivity index (χ3v) is 3.78. The van der Waals surface area contributed by atoms with Crippen LogP contribution in [-0.4, -0.2) is 34.1 Å². The first-order chi connectivity index (χ1) is 7.18. The highest BCUT2D eigenvalue weighted by Crippen LogP contribution is 2.24. The molecule has 0 radical (unpaired) electrons. The molecule has 1 aromatic rings. The van der Waals surface area contributed by atoms with Crippen LogP contribution in [0.15, 0.2) is 0 Å². The maximum Gasteiger partial charge on any atom is 0.284 e. The third-order valence-electron chi connectivity index (χ3n) is 2.78. The van der Waals surface area contributed by atoms with Crippen molar-refractivity contribution in [3.8, 4) is 0 Å². The van der Waals surface area contributed by atoms with E-state index in [0.29, 0.717) is 15.5 Å². The molecule has 0 atom stereocenters. The summed E-state index contributed by atoms with van der Waals surface area (Å²) in [7, 11) is 1.83. The summed E-state index contributed by atoms with van der Waals surface area (Å²) in [5.74, 6) is -0.0636. The molecule has 1 amide bonds. The summed E-state index contributed by atoms with van der Waals surface area (Å²) in [5, 5.41) is 7.77. The molecular weight excluding hydrogens is 234 g/mol. The lowest BCUT2D eigenvalue weighted by atomic mass is 10.2. The number of amides is 1. The van der Waals surface area contributed by atoms with E-state index in [4.69, 9.17) is 11.6 Å². The monoisotopic (exact) mass is 245 g/mol. The van der Waals surface area contributed by atoms with Gasteiger partial charge in [0.1, 0.15) is 0 Å². The van der Waals surface area contributed by atoms with E-state index in [1.807, 2.05) is 7.05 Å². The highest BCUT2D eigenvalue weighted by Gasteiger charge is 2.26. The molecule has 0 saturated heterocycles.